The summed E-state index contributed by atoms with van der Waals surface area (Å²) in [5.41, 5.74) is -0.235. The van der Waals surface area contributed by atoms with Crippen LogP contribution in [0.15, 0.2) is 65.3 Å². The number of carbonyl (C=O) groups is 2. The summed E-state index contributed by atoms with van der Waals surface area (Å²) in [5, 5.41) is 5.21. The highest BCUT2D eigenvalue weighted by atomic mass is 35.5. The summed E-state index contributed by atoms with van der Waals surface area (Å²) in [6.07, 6.45) is -3.08. The molecule has 0 saturated heterocycles. The summed E-state index contributed by atoms with van der Waals surface area (Å²) in [7, 11) is 0. The number of furan rings is 1. The zero-order chi connectivity index (χ0) is 23.6. The number of rotatable bonds is 6. The minimum absolute atomic E-state index is 0.0118. The maximum atomic E-state index is 13.1. The average molecular weight is 477 g/mol. The molecule has 11 heteroatoms. The molecule has 0 saturated carbocycles. The Bertz CT molecular complexity index is 1320. The lowest BCUT2D eigenvalue weighted by Gasteiger charge is -2.10. The van der Waals surface area contributed by atoms with E-state index in [0.29, 0.717) is 11.3 Å². The van der Waals surface area contributed by atoms with E-state index in [4.69, 9.17) is 16.0 Å². The Kier molecular flexibility index (Phi) is 6.10. The molecule has 4 aromatic rings. The van der Waals surface area contributed by atoms with Crippen LogP contribution < -0.4 is 10.6 Å². The van der Waals surface area contributed by atoms with Crippen LogP contribution in [0.3, 0.4) is 0 Å². The molecule has 0 aliphatic heterocycles. The van der Waals surface area contributed by atoms with Crippen LogP contribution in [0.2, 0.25) is 5.02 Å². The fraction of sp³-hybridized carbons (Fsp3) is 0.136. The van der Waals surface area contributed by atoms with Gasteiger partial charge in [-0.05, 0) is 42.5 Å². The van der Waals surface area contributed by atoms with Gasteiger partial charge in [0.25, 0.3) is 5.91 Å². The number of imidazole rings is 1. The van der Waals surface area contributed by atoms with Gasteiger partial charge in [-0.2, -0.15) is 13.2 Å². The third kappa shape index (κ3) is 5.01. The molecule has 0 fully saturated rings. The summed E-state index contributed by atoms with van der Waals surface area (Å²) in [5.74, 6) is -0.647. The first kappa shape index (κ1) is 22.4. The molecule has 33 heavy (non-hydrogen) atoms. The Morgan fingerprint density at radius 3 is 2.58 bits per heavy atom. The Hall–Kier alpha value is -3.79. The molecule has 0 unspecified atom stereocenters. The van der Waals surface area contributed by atoms with Crippen molar-refractivity contribution in [2.45, 2.75) is 12.7 Å². The number of nitrogens with zero attached hydrogens (tertiary/aromatic N) is 2. The minimum atomic E-state index is -4.54. The molecule has 2 aromatic carbocycles. The molecule has 0 aliphatic rings. The van der Waals surface area contributed by atoms with E-state index in [9.17, 15) is 22.8 Å². The molecule has 2 N–H and O–H groups in total. The molecule has 0 aliphatic carbocycles. The number of amides is 2. The Balaban J connectivity index is 1.57. The van der Waals surface area contributed by atoms with Crippen molar-refractivity contribution in [3.63, 3.8) is 0 Å². The normalized spacial score (nSPS) is 11.5. The number of fused-ring (bicyclic) bond motifs is 1. The van der Waals surface area contributed by atoms with Gasteiger partial charge in [0.1, 0.15) is 5.76 Å². The Labute approximate surface area is 190 Å². The van der Waals surface area contributed by atoms with Crippen LogP contribution in [0, 0.1) is 0 Å². The van der Waals surface area contributed by atoms with Gasteiger partial charge in [0.2, 0.25) is 11.9 Å². The maximum absolute atomic E-state index is 13.1. The highest BCUT2D eigenvalue weighted by Crippen LogP contribution is 2.32. The smallest absolute Gasteiger partial charge is 0.416 e. The molecule has 0 spiro atoms. The average Bonchev–Trinajstić information content (AvgIpc) is 3.40. The van der Waals surface area contributed by atoms with E-state index < -0.39 is 30.1 Å². The van der Waals surface area contributed by atoms with Crippen molar-refractivity contribution >= 4 is 40.4 Å². The number of benzene rings is 2. The fourth-order valence-corrected chi connectivity index (χ4v) is 3.41. The van der Waals surface area contributed by atoms with Crippen molar-refractivity contribution in [1.82, 2.24) is 14.9 Å². The highest BCUT2D eigenvalue weighted by molar-refractivity contribution is 6.33. The van der Waals surface area contributed by atoms with Gasteiger partial charge in [0.15, 0.2) is 0 Å². The zero-order valence-electron chi connectivity index (χ0n) is 16.8. The van der Waals surface area contributed by atoms with Crippen molar-refractivity contribution in [2.75, 3.05) is 11.9 Å². The van der Waals surface area contributed by atoms with Gasteiger partial charge in [0.05, 0.1) is 46.5 Å². The van der Waals surface area contributed by atoms with Crippen LogP contribution in [0.1, 0.15) is 21.7 Å². The van der Waals surface area contributed by atoms with E-state index in [1.807, 2.05) is 0 Å². The van der Waals surface area contributed by atoms with Crippen molar-refractivity contribution in [2.24, 2.45) is 0 Å². The van der Waals surface area contributed by atoms with Crippen molar-refractivity contribution in [3.8, 4) is 0 Å². The van der Waals surface area contributed by atoms with Gasteiger partial charge in [0, 0.05) is 0 Å². The predicted octanol–water partition coefficient (Wildman–Crippen LogP) is 4.72. The summed E-state index contributed by atoms with van der Waals surface area (Å²) in [6.45, 7) is -0.279. The van der Waals surface area contributed by atoms with E-state index >= 15 is 0 Å². The van der Waals surface area contributed by atoms with Crippen LogP contribution >= 0.6 is 11.6 Å². The first-order valence-corrected chi connectivity index (χ1v) is 10.0. The van der Waals surface area contributed by atoms with E-state index in [-0.39, 0.29) is 28.6 Å². The van der Waals surface area contributed by atoms with E-state index in [0.717, 1.165) is 12.1 Å². The van der Waals surface area contributed by atoms with Gasteiger partial charge in [-0.15, -0.1) is 0 Å². The second-order valence-electron chi connectivity index (χ2n) is 7.01. The minimum Gasteiger partial charge on any atom is -0.467 e. The zero-order valence-corrected chi connectivity index (χ0v) is 17.6. The Morgan fingerprint density at radius 2 is 1.88 bits per heavy atom. The monoisotopic (exact) mass is 476 g/mol. The molecule has 0 radical (unpaired) electrons. The SMILES string of the molecule is O=C(CNC(=O)c1ccccc1Cl)Nc1nc2cc(C(F)(F)F)ccc2n1Cc1ccco1. The number of nitrogens with one attached hydrogen (secondary N) is 2. The van der Waals surface area contributed by atoms with Crippen molar-refractivity contribution in [1.29, 1.82) is 0 Å². The molecule has 0 bridgehead atoms. The van der Waals surface area contributed by atoms with Crippen molar-refractivity contribution < 1.29 is 27.2 Å². The van der Waals surface area contributed by atoms with Crippen molar-refractivity contribution in [3.05, 3.63) is 82.8 Å². The number of hydrogen-bond donors (Lipinski definition) is 2. The summed E-state index contributed by atoms with van der Waals surface area (Å²) in [4.78, 5) is 28.9. The quantitative estimate of drug-likeness (QED) is 0.421. The molecular weight excluding hydrogens is 461 g/mol. The molecule has 0 atom stereocenters. The van der Waals surface area contributed by atoms with E-state index in [1.165, 1.54) is 23.0 Å². The fourth-order valence-electron chi connectivity index (χ4n) is 3.19. The molecule has 4 rings (SSSR count). The van der Waals surface area contributed by atoms with Gasteiger partial charge >= 0.3 is 6.18 Å². The third-order valence-electron chi connectivity index (χ3n) is 4.75. The molecule has 2 amide bonds. The summed E-state index contributed by atoms with van der Waals surface area (Å²) >= 11 is 5.98. The molecule has 2 heterocycles. The molecule has 170 valence electrons. The highest BCUT2D eigenvalue weighted by Gasteiger charge is 2.31. The van der Waals surface area contributed by atoms with Gasteiger partial charge in [-0.25, -0.2) is 4.98 Å². The van der Waals surface area contributed by atoms with E-state index in [2.05, 4.69) is 15.6 Å². The largest absolute Gasteiger partial charge is 0.467 e. The lowest BCUT2D eigenvalue weighted by atomic mass is 10.2. The number of hydrogen-bond acceptors (Lipinski definition) is 4. The second-order valence-corrected chi connectivity index (χ2v) is 7.42. The standard InChI is InChI=1S/C22H16ClF3N4O3/c23-16-6-2-1-5-15(16)20(32)27-11-19(31)29-21-28-17-10-13(22(24,25)26)7-8-18(17)30(21)12-14-4-3-9-33-14/h1-10H,11-12H2,(H,27,32)(H,28,29,31). The second kappa shape index (κ2) is 8.99. The predicted molar refractivity (Wildman–Crippen MR) is 115 cm³/mol. The number of alkyl halides is 3. The number of aromatic nitrogens is 2. The van der Waals surface area contributed by atoms with Gasteiger partial charge < -0.3 is 14.3 Å². The van der Waals surface area contributed by atoms with Crippen LogP contribution in [0.25, 0.3) is 11.0 Å². The maximum Gasteiger partial charge on any atom is 0.416 e. The third-order valence-corrected chi connectivity index (χ3v) is 5.08. The van der Waals surface area contributed by atoms with Crippen LogP contribution in [0.4, 0.5) is 19.1 Å². The Morgan fingerprint density at radius 1 is 1.09 bits per heavy atom. The lowest BCUT2D eigenvalue weighted by molar-refractivity contribution is -0.137. The van der Waals surface area contributed by atoms with Crippen LogP contribution in [0.5, 0.6) is 0 Å². The van der Waals surface area contributed by atoms with E-state index in [1.54, 1.807) is 30.3 Å². The van der Waals surface area contributed by atoms with Gasteiger partial charge in [-0.3, -0.25) is 14.9 Å². The summed E-state index contributed by atoms with van der Waals surface area (Å²) in [6, 6.07) is 12.8. The summed E-state index contributed by atoms with van der Waals surface area (Å²) < 4.78 is 46.2. The first-order valence-electron chi connectivity index (χ1n) is 9.65. The molecule has 7 nitrogen and oxygen atoms in total. The number of carbonyl (C=O) groups excluding carboxylic acids is 2. The number of halogens is 4. The topological polar surface area (TPSA) is 89.2 Å². The molecular formula is C22H16ClF3N4O3. The van der Waals surface area contributed by atoms with Gasteiger partial charge in [-0.1, -0.05) is 23.7 Å². The lowest BCUT2D eigenvalue weighted by Crippen LogP contribution is -2.33. The van der Waals surface area contributed by atoms with Crippen LogP contribution in [-0.2, 0) is 17.5 Å². The number of anilines is 1. The molecule has 2 aromatic heterocycles. The van der Waals surface area contributed by atoms with Crippen LogP contribution in [-0.4, -0.2) is 27.9 Å². The first-order chi connectivity index (χ1) is 15.7.